The van der Waals surface area contributed by atoms with Crippen molar-refractivity contribution in [1.82, 2.24) is 0 Å². The topological polar surface area (TPSA) is 155 Å². The number of phosphoric ester groups is 1. The second-order valence-corrected chi connectivity index (χ2v) is 22.0. The molecule has 3 atom stereocenters. The largest absolute Gasteiger partial charge is 0.472 e. The molecule has 0 amide bonds. The van der Waals surface area contributed by atoms with Crippen LogP contribution >= 0.6 is 7.82 Å². The number of phosphoric acid groups is 1. The lowest BCUT2D eigenvalue weighted by molar-refractivity contribution is -0.161. The lowest BCUT2D eigenvalue weighted by atomic mass is 10.0. The summed E-state index contributed by atoms with van der Waals surface area (Å²) in [6, 6.07) is 0. The maximum Gasteiger partial charge on any atom is 0.472 e. The molecule has 0 aromatic carbocycles. The van der Waals surface area contributed by atoms with Gasteiger partial charge in [-0.15, -0.1) is 0 Å². The maximum absolute atomic E-state index is 12.9. The predicted octanol–water partition coefficient (Wildman–Crippen LogP) is 17.8. The number of aliphatic hydroxyl groups excluding tert-OH is 1. The van der Waals surface area contributed by atoms with Crippen molar-refractivity contribution in [1.29, 1.82) is 0 Å². The molecule has 2 N–H and O–H groups in total. The average molecular weight is 1040 g/mol. The number of unbranched alkanes of at least 4 members (excludes halogenated alkanes) is 36. The normalized spacial score (nSPS) is 13.5. The molecule has 0 aromatic rings. The van der Waals surface area contributed by atoms with E-state index in [0.717, 1.165) is 83.5 Å². The SMILES string of the molecule is CCCCCCCC/C=C\CCCCCCCCCC(=O)OC(COC(=O)CCCCCCCCCCCCCCC)COP(=O)(O)OCC(CO)OC(=O)CCCCCCC/C=C\CCCCCCCC. The van der Waals surface area contributed by atoms with Gasteiger partial charge in [-0.25, -0.2) is 4.57 Å². The highest BCUT2D eigenvalue weighted by molar-refractivity contribution is 7.47. The molecule has 0 bridgehead atoms. The summed E-state index contributed by atoms with van der Waals surface area (Å²) in [5.41, 5.74) is 0. The summed E-state index contributed by atoms with van der Waals surface area (Å²) in [5, 5.41) is 9.82. The number of hydrogen-bond acceptors (Lipinski definition) is 10. The van der Waals surface area contributed by atoms with Crippen molar-refractivity contribution >= 4 is 25.7 Å². The zero-order valence-corrected chi connectivity index (χ0v) is 47.8. The smallest absolute Gasteiger partial charge is 0.462 e. The van der Waals surface area contributed by atoms with Crippen LogP contribution in [0.1, 0.15) is 303 Å². The Hall–Kier alpha value is -2.04. The predicted molar refractivity (Wildman–Crippen MR) is 298 cm³/mol. The molecule has 0 saturated heterocycles. The Balaban J connectivity index is 4.68. The molecule has 3 unspecified atom stereocenters. The quantitative estimate of drug-likeness (QED) is 0.0197. The summed E-state index contributed by atoms with van der Waals surface area (Å²) >= 11 is 0. The van der Waals surface area contributed by atoms with Gasteiger partial charge in [-0.1, -0.05) is 238 Å². The molecule has 12 heteroatoms. The van der Waals surface area contributed by atoms with Crippen LogP contribution in [0.3, 0.4) is 0 Å². The van der Waals surface area contributed by atoms with Crippen LogP contribution in [0, 0.1) is 0 Å². The minimum absolute atomic E-state index is 0.167. The van der Waals surface area contributed by atoms with Gasteiger partial charge in [0.25, 0.3) is 0 Å². The average Bonchev–Trinajstić information content (AvgIpc) is 3.37. The number of carbonyl (C=O) groups excluding carboxylic acids is 3. The van der Waals surface area contributed by atoms with E-state index in [2.05, 4.69) is 45.1 Å². The highest BCUT2D eigenvalue weighted by Gasteiger charge is 2.28. The van der Waals surface area contributed by atoms with E-state index in [1.54, 1.807) is 0 Å². The van der Waals surface area contributed by atoms with Crippen LogP contribution in [0.25, 0.3) is 0 Å². The van der Waals surface area contributed by atoms with Gasteiger partial charge in [-0.2, -0.15) is 0 Å². The lowest BCUT2D eigenvalue weighted by Gasteiger charge is -2.21. The van der Waals surface area contributed by atoms with Gasteiger partial charge in [0.15, 0.2) is 6.10 Å². The standard InChI is InChI=1S/C60H113O11P/c1-4-7-10-13-16-19-22-25-27-28-30-33-36-39-42-45-48-51-60(64)71-57(53-67-58(62)49-46-43-40-37-34-31-24-21-18-15-12-9-6-3)55-69-72(65,66)68-54-56(52-61)70-59(63)50-47-44-41-38-35-32-29-26-23-20-17-14-11-8-5-2/h25-27,29,56-57,61H,4-24,28,30-55H2,1-3H3,(H,65,66)/b27-25-,29-26-. The Labute approximate surface area is 442 Å². The van der Waals surface area contributed by atoms with Crippen LogP contribution in [0.2, 0.25) is 0 Å². The number of allylic oxidation sites excluding steroid dienone is 4. The molecular formula is C60H113O11P. The fourth-order valence-electron chi connectivity index (χ4n) is 8.70. The Morgan fingerprint density at radius 1 is 0.375 bits per heavy atom. The van der Waals surface area contributed by atoms with Crippen molar-refractivity contribution in [2.45, 2.75) is 315 Å². The van der Waals surface area contributed by atoms with E-state index in [4.69, 9.17) is 23.3 Å². The van der Waals surface area contributed by atoms with Crippen LogP contribution in [0.15, 0.2) is 24.3 Å². The Morgan fingerprint density at radius 3 is 0.958 bits per heavy atom. The number of carbonyl (C=O) groups is 3. The molecule has 0 aliphatic rings. The fraction of sp³-hybridized carbons (Fsp3) is 0.883. The zero-order valence-electron chi connectivity index (χ0n) is 46.9. The molecule has 72 heavy (non-hydrogen) atoms. The minimum atomic E-state index is -4.74. The zero-order chi connectivity index (χ0) is 52.7. The van der Waals surface area contributed by atoms with Gasteiger partial charge in [-0.05, 0) is 70.6 Å². The summed E-state index contributed by atoms with van der Waals surface area (Å²) < 4.78 is 39.6. The number of hydrogen-bond donors (Lipinski definition) is 2. The second-order valence-electron chi connectivity index (χ2n) is 20.5. The maximum atomic E-state index is 12.9. The molecule has 0 spiro atoms. The van der Waals surface area contributed by atoms with Crippen molar-refractivity contribution in [2.75, 3.05) is 26.4 Å². The van der Waals surface area contributed by atoms with E-state index in [1.807, 2.05) is 0 Å². The first kappa shape index (κ1) is 70.0. The van der Waals surface area contributed by atoms with Crippen LogP contribution in [-0.2, 0) is 42.2 Å². The number of ether oxygens (including phenoxy) is 3. The molecule has 0 aliphatic carbocycles. The van der Waals surface area contributed by atoms with Gasteiger partial charge in [-0.3, -0.25) is 23.4 Å². The summed E-state index contributed by atoms with van der Waals surface area (Å²) in [5.74, 6) is -1.45. The van der Waals surface area contributed by atoms with Gasteiger partial charge in [0.1, 0.15) is 12.7 Å². The fourth-order valence-corrected chi connectivity index (χ4v) is 9.48. The Kier molecular flexibility index (Phi) is 53.6. The molecule has 0 radical (unpaired) electrons. The molecule has 0 rings (SSSR count). The third-order valence-corrected chi connectivity index (χ3v) is 14.3. The summed E-state index contributed by atoms with van der Waals surface area (Å²) in [6.07, 6.45) is 55.5. The molecule has 0 heterocycles. The Bertz CT molecular complexity index is 1310. The molecule has 0 fully saturated rings. The van der Waals surface area contributed by atoms with Crippen molar-refractivity contribution in [3.8, 4) is 0 Å². The summed E-state index contributed by atoms with van der Waals surface area (Å²) in [6.45, 7) is 4.67. The third kappa shape index (κ3) is 52.8. The van der Waals surface area contributed by atoms with Gasteiger partial charge < -0.3 is 24.2 Å². The highest BCUT2D eigenvalue weighted by Crippen LogP contribution is 2.43. The van der Waals surface area contributed by atoms with Crippen LogP contribution < -0.4 is 0 Å². The minimum Gasteiger partial charge on any atom is -0.462 e. The monoisotopic (exact) mass is 1040 g/mol. The molecule has 0 saturated carbocycles. The second kappa shape index (κ2) is 55.2. The first-order chi connectivity index (χ1) is 35.2. The van der Waals surface area contributed by atoms with Crippen LogP contribution in [0.4, 0.5) is 0 Å². The van der Waals surface area contributed by atoms with E-state index >= 15 is 0 Å². The van der Waals surface area contributed by atoms with E-state index in [9.17, 15) is 28.9 Å². The molecular weight excluding hydrogens is 928 g/mol. The lowest BCUT2D eigenvalue weighted by Crippen LogP contribution is -2.30. The van der Waals surface area contributed by atoms with Crippen molar-refractivity contribution in [2.24, 2.45) is 0 Å². The molecule has 0 aromatic heterocycles. The van der Waals surface area contributed by atoms with Crippen LogP contribution in [-0.4, -0.2) is 66.5 Å². The van der Waals surface area contributed by atoms with Crippen molar-refractivity contribution in [3.05, 3.63) is 24.3 Å². The Morgan fingerprint density at radius 2 is 0.639 bits per heavy atom. The van der Waals surface area contributed by atoms with Gasteiger partial charge in [0.2, 0.25) is 0 Å². The van der Waals surface area contributed by atoms with E-state index in [1.165, 1.54) is 161 Å². The number of aliphatic hydroxyl groups is 1. The third-order valence-electron chi connectivity index (χ3n) is 13.3. The number of rotatable bonds is 57. The summed E-state index contributed by atoms with van der Waals surface area (Å²) in [4.78, 5) is 48.6. The van der Waals surface area contributed by atoms with E-state index in [0.29, 0.717) is 19.3 Å². The van der Waals surface area contributed by atoms with Gasteiger partial charge in [0, 0.05) is 19.3 Å². The van der Waals surface area contributed by atoms with Crippen LogP contribution in [0.5, 0.6) is 0 Å². The molecule has 424 valence electrons. The van der Waals surface area contributed by atoms with Gasteiger partial charge >= 0.3 is 25.7 Å². The first-order valence-corrected chi connectivity index (χ1v) is 31.7. The van der Waals surface area contributed by atoms with E-state index in [-0.39, 0.29) is 25.9 Å². The van der Waals surface area contributed by atoms with Crippen molar-refractivity contribution < 1.29 is 52.2 Å². The molecule has 0 aliphatic heterocycles. The van der Waals surface area contributed by atoms with Crippen molar-refractivity contribution in [3.63, 3.8) is 0 Å². The first-order valence-electron chi connectivity index (χ1n) is 30.2. The summed E-state index contributed by atoms with van der Waals surface area (Å²) in [7, 11) is -4.74. The van der Waals surface area contributed by atoms with Gasteiger partial charge in [0.05, 0.1) is 19.8 Å². The highest BCUT2D eigenvalue weighted by atomic mass is 31.2. The van der Waals surface area contributed by atoms with E-state index < -0.39 is 57.8 Å². The molecule has 11 nitrogen and oxygen atoms in total. The number of esters is 3.